The highest BCUT2D eigenvalue weighted by atomic mass is 16.5. The van der Waals surface area contributed by atoms with E-state index >= 15 is 0 Å². The number of esters is 1. The quantitative estimate of drug-likeness (QED) is 0.571. The number of hydrogen-bond acceptors (Lipinski definition) is 3. The third-order valence-electron chi connectivity index (χ3n) is 2.19. The summed E-state index contributed by atoms with van der Waals surface area (Å²) in [6.07, 6.45) is 3.41. The van der Waals surface area contributed by atoms with E-state index in [-0.39, 0.29) is 18.8 Å². The van der Waals surface area contributed by atoms with Crippen molar-refractivity contribution in [3.8, 4) is 0 Å². The Morgan fingerprint density at radius 3 is 2.56 bits per heavy atom. The van der Waals surface area contributed by atoms with Crippen molar-refractivity contribution in [2.75, 3.05) is 6.61 Å². The number of carbonyl (C=O) groups is 2. The molecule has 0 bridgehead atoms. The Hall–Kier alpha value is -2.16. The van der Waals surface area contributed by atoms with Crippen molar-refractivity contribution >= 4 is 17.8 Å². The fourth-order valence-corrected chi connectivity index (χ4v) is 1.20. The fourth-order valence-electron chi connectivity index (χ4n) is 1.20. The monoisotopic (exact) mass is 244 g/mol. The van der Waals surface area contributed by atoms with Gasteiger partial charge in [-0.2, -0.15) is 0 Å². The van der Waals surface area contributed by atoms with Gasteiger partial charge in [0.15, 0.2) is 5.78 Å². The number of rotatable bonds is 6. The number of benzene rings is 1. The molecule has 0 saturated heterocycles. The lowest BCUT2D eigenvalue weighted by molar-refractivity contribution is -0.139. The summed E-state index contributed by atoms with van der Waals surface area (Å²) in [6.45, 7) is 5.11. The summed E-state index contributed by atoms with van der Waals surface area (Å²) >= 11 is 0. The molecule has 0 saturated carbocycles. The Morgan fingerprint density at radius 2 is 1.94 bits per heavy atom. The van der Waals surface area contributed by atoms with Crippen LogP contribution in [-0.4, -0.2) is 18.4 Å². The predicted octanol–water partition coefficient (Wildman–Crippen LogP) is 2.78. The highest BCUT2D eigenvalue weighted by Gasteiger charge is 2.04. The largest absolute Gasteiger partial charge is 0.462 e. The molecule has 1 aromatic carbocycles. The first-order valence-electron chi connectivity index (χ1n) is 5.68. The van der Waals surface area contributed by atoms with Gasteiger partial charge in [0.25, 0.3) is 0 Å². The van der Waals surface area contributed by atoms with E-state index in [9.17, 15) is 9.59 Å². The first-order valence-corrected chi connectivity index (χ1v) is 5.68. The van der Waals surface area contributed by atoms with Crippen LogP contribution >= 0.6 is 0 Å². The van der Waals surface area contributed by atoms with Crippen molar-refractivity contribution in [1.29, 1.82) is 0 Å². The van der Waals surface area contributed by atoms with Gasteiger partial charge in [-0.3, -0.25) is 4.79 Å². The molecule has 94 valence electrons. The van der Waals surface area contributed by atoms with Crippen LogP contribution in [0.5, 0.6) is 0 Å². The van der Waals surface area contributed by atoms with Crippen LogP contribution in [0.2, 0.25) is 0 Å². The number of carbonyl (C=O) groups excluding carboxylic acids is 2. The molecule has 0 fully saturated rings. The van der Waals surface area contributed by atoms with Gasteiger partial charge in [0.2, 0.25) is 0 Å². The van der Waals surface area contributed by atoms with Gasteiger partial charge in [0.05, 0.1) is 6.61 Å². The first-order chi connectivity index (χ1) is 8.59. The molecule has 0 N–H and O–H groups in total. The van der Waals surface area contributed by atoms with Crippen LogP contribution in [0.1, 0.15) is 18.9 Å². The minimum atomic E-state index is -0.463. The van der Waals surface area contributed by atoms with E-state index in [4.69, 9.17) is 4.74 Å². The van der Waals surface area contributed by atoms with Gasteiger partial charge in [-0.15, -0.1) is 0 Å². The second kappa shape index (κ2) is 7.22. The average molecular weight is 244 g/mol. The second-order valence-electron chi connectivity index (χ2n) is 3.88. The Balaban J connectivity index is 2.32. The second-order valence-corrected chi connectivity index (χ2v) is 3.88. The molecule has 0 unspecified atom stereocenters. The zero-order valence-electron chi connectivity index (χ0n) is 10.4. The number of hydrogen-bond donors (Lipinski definition) is 0. The predicted molar refractivity (Wildman–Crippen MR) is 70.9 cm³/mol. The van der Waals surface area contributed by atoms with E-state index in [1.165, 1.54) is 6.08 Å². The molecule has 0 aliphatic rings. The zero-order valence-corrected chi connectivity index (χ0v) is 10.4. The summed E-state index contributed by atoms with van der Waals surface area (Å²) < 4.78 is 4.83. The third-order valence-corrected chi connectivity index (χ3v) is 2.19. The molecule has 3 heteroatoms. The van der Waals surface area contributed by atoms with Crippen LogP contribution in [-0.2, 0) is 14.3 Å². The topological polar surface area (TPSA) is 43.4 Å². The van der Waals surface area contributed by atoms with Gasteiger partial charge >= 0.3 is 5.97 Å². The molecule has 0 radical (unpaired) electrons. The first kappa shape index (κ1) is 13.9. The number of allylic oxidation sites excluding steroid dienone is 1. The molecule has 0 aliphatic carbocycles. The zero-order chi connectivity index (χ0) is 13.4. The summed E-state index contributed by atoms with van der Waals surface area (Å²) in [4.78, 5) is 22.5. The maximum atomic E-state index is 11.5. The molecule has 0 amide bonds. The third kappa shape index (κ3) is 5.25. The van der Waals surface area contributed by atoms with Gasteiger partial charge < -0.3 is 4.74 Å². The fraction of sp³-hybridized carbons (Fsp3) is 0.200. The Bertz CT molecular complexity index is 458. The highest BCUT2D eigenvalue weighted by molar-refractivity contribution is 5.94. The lowest BCUT2D eigenvalue weighted by Crippen LogP contribution is -2.08. The van der Waals surface area contributed by atoms with Gasteiger partial charge in [-0.1, -0.05) is 43.0 Å². The van der Waals surface area contributed by atoms with Crippen LogP contribution in [0.4, 0.5) is 0 Å². The van der Waals surface area contributed by atoms with E-state index < -0.39 is 5.97 Å². The molecule has 18 heavy (non-hydrogen) atoms. The molecule has 1 aromatic rings. The Morgan fingerprint density at radius 1 is 1.28 bits per heavy atom. The summed E-state index contributed by atoms with van der Waals surface area (Å²) in [5.74, 6) is -0.539. The van der Waals surface area contributed by atoms with Crippen LogP contribution < -0.4 is 0 Å². The number of ether oxygens (including phenoxy) is 1. The molecule has 0 heterocycles. The summed E-state index contributed by atoms with van der Waals surface area (Å²) in [6, 6.07) is 9.53. The summed E-state index contributed by atoms with van der Waals surface area (Å²) in [5, 5.41) is 0. The molecule has 1 rings (SSSR count). The summed E-state index contributed by atoms with van der Waals surface area (Å²) in [5.41, 5.74) is 1.30. The van der Waals surface area contributed by atoms with Gasteiger partial charge in [0.1, 0.15) is 0 Å². The van der Waals surface area contributed by atoms with Crippen molar-refractivity contribution in [2.24, 2.45) is 0 Å². The van der Waals surface area contributed by atoms with E-state index in [0.29, 0.717) is 5.57 Å². The minimum Gasteiger partial charge on any atom is -0.462 e. The maximum absolute atomic E-state index is 11.5. The van der Waals surface area contributed by atoms with E-state index in [2.05, 4.69) is 6.58 Å². The van der Waals surface area contributed by atoms with Crippen molar-refractivity contribution in [3.05, 3.63) is 54.1 Å². The molecule has 0 aromatic heterocycles. The van der Waals surface area contributed by atoms with Gasteiger partial charge in [-0.25, -0.2) is 4.79 Å². The van der Waals surface area contributed by atoms with Gasteiger partial charge in [0, 0.05) is 12.0 Å². The van der Waals surface area contributed by atoms with Crippen molar-refractivity contribution in [3.63, 3.8) is 0 Å². The van der Waals surface area contributed by atoms with Crippen molar-refractivity contribution in [1.82, 2.24) is 0 Å². The normalized spacial score (nSPS) is 10.3. The standard InChI is InChI=1S/C15H16O3/c1-12(2)15(17)18-11-10-14(16)9-8-13-6-4-3-5-7-13/h3-9H,1,10-11H2,2H3. The molecular formula is C15H16O3. The smallest absolute Gasteiger partial charge is 0.333 e. The summed E-state index contributed by atoms with van der Waals surface area (Å²) in [7, 11) is 0. The Kier molecular flexibility index (Phi) is 5.58. The number of ketones is 1. The lowest BCUT2D eigenvalue weighted by Gasteiger charge is -2.01. The van der Waals surface area contributed by atoms with E-state index in [0.717, 1.165) is 5.56 Å². The molecule has 3 nitrogen and oxygen atoms in total. The van der Waals surface area contributed by atoms with Crippen LogP contribution in [0.15, 0.2) is 48.6 Å². The van der Waals surface area contributed by atoms with Crippen LogP contribution in [0.25, 0.3) is 6.08 Å². The van der Waals surface area contributed by atoms with Crippen LogP contribution in [0.3, 0.4) is 0 Å². The van der Waals surface area contributed by atoms with E-state index in [1.54, 1.807) is 13.0 Å². The van der Waals surface area contributed by atoms with Gasteiger partial charge in [-0.05, 0) is 18.6 Å². The lowest BCUT2D eigenvalue weighted by atomic mass is 10.2. The van der Waals surface area contributed by atoms with Crippen molar-refractivity contribution < 1.29 is 14.3 Å². The minimum absolute atomic E-state index is 0.0756. The average Bonchev–Trinajstić information content (AvgIpc) is 2.37. The Labute approximate surface area is 107 Å². The SMILES string of the molecule is C=C(C)C(=O)OCCC(=O)C=Cc1ccccc1. The molecule has 0 aliphatic heterocycles. The molecular weight excluding hydrogens is 228 g/mol. The molecule has 0 atom stereocenters. The van der Waals surface area contributed by atoms with Crippen LogP contribution in [0, 0.1) is 0 Å². The van der Waals surface area contributed by atoms with E-state index in [1.807, 2.05) is 30.3 Å². The van der Waals surface area contributed by atoms with Crippen molar-refractivity contribution in [2.45, 2.75) is 13.3 Å². The highest BCUT2D eigenvalue weighted by Crippen LogP contribution is 2.02. The maximum Gasteiger partial charge on any atom is 0.333 e. The molecule has 0 spiro atoms.